The molecule has 2 rings (SSSR count). The molecule has 1 nitrogen and oxygen atoms in total. The van der Waals surface area contributed by atoms with E-state index in [1.165, 1.54) is 0 Å². The van der Waals surface area contributed by atoms with Crippen LogP contribution in [0.25, 0.3) is 0 Å². The summed E-state index contributed by atoms with van der Waals surface area (Å²) in [5.41, 5.74) is 1.47. The molecule has 2 aromatic carbocycles. The minimum Gasteiger partial charge on any atom is -0.358 e. The van der Waals surface area contributed by atoms with Gasteiger partial charge in [0.1, 0.15) is 0 Å². The van der Waals surface area contributed by atoms with Gasteiger partial charge in [-0.05, 0) is 0 Å². The van der Waals surface area contributed by atoms with E-state index in [-0.39, 0.29) is 45.9 Å². The van der Waals surface area contributed by atoms with Gasteiger partial charge in [-0.2, -0.15) is 0 Å². The van der Waals surface area contributed by atoms with E-state index in [0.717, 1.165) is 11.1 Å². The van der Waals surface area contributed by atoms with E-state index < -0.39 is 0 Å². The molecule has 0 fully saturated rings. The third-order valence-electron chi connectivity index (χ3n) is 2.07. The molecular weight excluding hydrogens is 321 g/mol. The predicted molar refractivity (Wildman–Crippen MR) is 85.4 cm³/mol. The fraction of sp³-hybridized carbons (Fsp3) is 0.222. The molecule has 0 amide bonds. The van der Waals surface area contributed by atoms with Crippen LogP contribution in [0.5, 0.6) is 0 Å². The van der Waals surface area contributed by atoms with Gasteiger partial charge < -0.3 is 7.43 Å². The standard InChI is InChI=1S/C13H10O.2C2H6.CH3.Y/c14-13(11-7-3-1-4-8-11)12-9-5-2-6-10-12;2*1-2;;/h1-10H;2*1-2H3;1H3;/q;;;-1;. The molecule has 0 aliphatic carbocycles. The normalized spacial score (nSPS) is 7.40. The van der Waals surface area contributed by atoms with Crippen molar-refractivity contribution >= 4 is 5.78 Å². The summed E-state index contributed by atoms with van der Waals surface area (Å²) in [7, 11) is 0. The van der Waals surface area contributed by atoms with Gasteiger partial charge in [0.15, 0.2) is 5.78 Å². The topological polar surface area (TPSA) is 17.1 Å². The van der Waals surface area contributed by atoms with Crippen LogP contribution in [0.1, 0.15) is 43.6 Å². The van der Waals surface area contributed by atoms with Crippen LogP contribution in [-0.4, -0.2) is 5.78 Å². The van der Waals surface area contributed by atoms with Crippen molar-refractivity contribution in [3.05, 3.63) is 79.2 Å². The van der Waals surface area contributed by atoms with Crippen LogP contribution < -0.4 is 0 Å². The number of carbonyl (C=O) groups excluding carboxylic acids is 1. The van der Waals surface area contributed by atoms with E-state index in [9.17, 15) is 4.79 Å². The summed E-state index contributed by atoms with van der Waals surface area (Å²) in [6.07, 6.45) is 0. The molecule has 107 valence electrons. The Morgan fingerprint density at radius 1 is 0.650 bits per heavy atom. The predicted octanol–water partition coefficient (Wildman–Crippen LogP) is 5.42. The molecule has 0 aromatic heterocycles. The zero-order valence-electron chi connectivity index (χ0n) is 13.3. The summed E-state index contributed by atoms with van der Waals surface area (Å²) in [4.78, 5) is 11.8. The van der Waals surface area contributed by atoms with Gasteiger partial charge in [-0.3, -0.25) is 4.79 Å². The van der Waals surface area contributed by atoms with E-state index in [2.05, 4.69) is 0 Å². The average molecular weight is 346 g/mol. The second kappa shape index (κ2) is 16.3. The molecule has 0 bridgehead atoms. The molecule has 0 spiro atoms. The van der Waals surface area contributed by atoms with Gasteiger partial charge in [0, 0.05) is 43.8 Å². The Balaban J connectivity index is -0.000000444. The number of hydrogen-bond acceptors (Lipinski definition) is 1. The van der Waals surface area contributed by atoms with Crippen molar-refractivity contribution in [2.75, 3.05) is 0 Å². The minimum absolute atomic E-state index is 0. The summed E-state index contributed by atoms with van der Waals surface area (Å²) in [5, 5.41) is 0. The van der Waals surface area contributed by atoms with E-state index in [4.69, 9.17) is 0 Å². The maximum absolute atomic E-state index is 11.8. The summed E-state index contributed by atoms with van der Waals surface area (Å²) in [6.45, 7) is 8.00. The molecule has 0 saturated carbocycles. The number of hydrogen-bond donors (Lipinski definition) is 0. The van der Waals surface area contributed by atoms with Crippen LogP contribution in [0.3, 0.4) is 0 Å². The molecule has 0 N–H and O–H groups in total. The fourth-order valence-electron chi connectivity index (χ4n) is 1.35. The molecule has 1 radical (unpaired) electrons. The van der Waals surface area contributed by atoms with Crippen LogP contribution in [0.15, 0.2) is 60.7 Å². The molecule has 0 heterocycles. The smallest absolute Gasteiger partial charge is 0.193 e. The SMILES string of the molecule is CC.CC.O=C(c1ccccc1)c1ccccc1.[CH3-].[Y]. The molecule has 2 heteroatoms. The van der Waals surface area contributed by atoms with Crippen LogP contribution >= 0.6 is 0 Å². The Bertz CT molecular complexity index is 382. The van der Waals surface area contributed by atoms with E-state index in [1.54, 1.807) is 0 Å². The molecule has 0 aliphatic rings. The van der Waals surface area contributed by atoms with Gasteiger partial charge in [-0.1, -0.05) is 88.4 Å². The maximum atomic E-state index is 11.8. The van der Waals surface area contributed by atoms with Gasteiger partial charge in [-0.25, -0.2) is 0 Å². The van der Waals surface area contributed by atoms with Gasteiger partial charge in [0.2, 0.25) is 0 Å². The van der Waals surface area contributed by atoms with E-state index in [1.807, 2.05) is 88.4 Å². The van der Waals surface area contributed by atoms with Crippen molar-refractivity contribution in [3.63, 3.8) is 0 Å². The summed E-state index contributed by atoms with van der Waals surface area (Å²) in [6, 6.07) is 18.6. The first-order chi connectivity index (χ1) is 8.88. The average Bonchev–Trinajstić information content (AvgIpc) is 2.52. The molecular formula is C18H25OY-. The van der Waals surface area contributed by atoms with Crippen molar-refractivity contribution in [2.24, 2.45) is 0 Å². The van der Waals surface area contributed by atoms with Gasteiger partial charge in [-0.15, -0.1) is 0 Å². The Morgan fingerprint density at radius 2 is 0.900 bits per heavy atom. The third-order valence-corrected chi connectivity index (χ3v) is 2.07. The second-order valence-electron chi connectivity index (χ2n) is 3.06. The van der Waals surface area contributed by atoms with Crippen LogP contribution in [0.4, 0.5) is 0 Å². The molecule has 2 aromatic rings. The first-order valence-electron chi connectivity index (χ1n) is 6.53. The Morgan fingerprint density at radius 3 is 1.15 bits per heavy atom. The number of rotatable bonds is 2. The zero-order valence-corrected chi connectivity index (χ0v) is 16.1. The van der Waals surface area contributed by atoms with Crippen LogP contribution in [-0.2, 0) is 32.7 Å². The molecule has 0 unspecified atom stereocenters. The van der Waals surface area contributed by atoms with E-state index in [0.29, 0.717) is 0 Å². The third kappa shape index (κ3) is 8.40. The Hall–Kier alpha value is -0.786. The van der Waals surface area contributed by atoms with Crippen LogP contribution in [0.2, 0.25) is 0 Å². The maximum Gasteiger partial charge on any atom is 0.193 e. The molecule has 0 aliphatic heterocycles. The van der Waals surface area contributed by atoms with Crippen molar-refractivity contribution in [3.8, 4) is 0 Å². The van der Waals surface area contributed by atoms with Crippen molar-refractivity contribution in [2.45, 2.75) is 27.7 Å². The number of benzene rings is 2. The number of carbonyl (C=O) groups is 1. The second-order valence-corrected chi connectivity index (χ2v) is 3.06. The summed E-state index contributed by atoms with van der Waals surface area (Å²) >= 11 is 0. The van der Waals surface area contributed by atoms with Gasteiger partial charge in [0.25, 0.3) is 0 Å². The fourth-order valence-corrected chi connectivity index (χ4v) is 1.35. The number of ketones is 1. The van der Waals surface area contributed by atoms with Crippen molar-refractivity contribution in [1.29, 1.82) is 0 Å². The molecule has 20 heavy (non-hydrogen) atoms. The van der Waals surface area contributed by atoms with Gasteiger partial charge in [0.05, 0.1) is 0 Å². The molecule has 0 atom stereocenters. The monoisotopic (exact) mass is 346 g/mol. The zero-order chi connectivity index (χ0) is 13.8. The van der Waals surface area contributed by atoms with E-state index >= 15 is 0 Å². The van der Waals surface area contributed by atoms with Gasteiger partial charge >= 0.3 is 0 Å². The largest absolute Gasteiger partial charge is 0.358 e. The van der Waals surface area contributed by atoms with Crippen molar-refractivity contribution in [1.82, 2.24) is 0 Å². The first-order valence-corrected chi connectivity index (χ1v) is 6.53. The Labute approximate surface area is 149 Å². The minimum atomic E-state index is 0. The van der Waals surface area contributed by atoms with Crippen molar-refractivity contribution < 1.29 is 37.5 Å². The quantitative estimate of drug-likeness (QED) is 0.524. The summed E-state index contributed by atoms with van der Waals surface area (Å²) < 4.78 is 0. The first kappa shape index (κ1) is 24.2. The van der Waals surface area contributed by atoms with Crippen LogP contribution in [0, 0.1) is 7.43 Å². The Kier molecular flexibility index (Phi) is 19.7. The summed E-state index contributed by atoms with van der Waals surface area (Å²) in [5.74, 6) is 0.0752. The molecule has 0 saturated heterocycles.